The molecule has 0 aromatic rings. The first-order chi connectivity index (χ1) is 15.8. The summed E-state index contributed by atoms with van der Waals surface area (Å²) in [5, 5.41) is 21.9. The fourth-order valence-corrected chi connectivity index (χ4v) is 11.9. The van der Waals surface area contributed by atoms with E-state index in [1.54, 1.807) is 0 Å². The van der Waals surface area contributed by atoms with Gasteiger partial charge < -0.3 is 14.9 Å². The Labute approximate surface area is 205 Å². The molecule has 0 radical (unpaired) electrons. The van der Waals surface area contributed by atoms with E-state index in [-0.39, 0.29) is 27.6 Å². The van der Waals surface area contributed by atoms with Gasteiger partial charge in [0.2, 0.25) is 0 Å². The van der Waals surface area contributed by atoms with Gasteiger partial charge in [-0.05, 0) is 105 Å². The number of ether oxygens (including phenoxy) is 1. The van der Waals surface area contributed by atoms with E-state index in [9.17, 15) is 15.0 Å². The molecule has 0 amide bonds. The SMILES string of the molecule is C=C(C)[C@@H]1CC[C@]2(C(=O)O)CC[C@]3(C)[C@H](CC[C@@H]4[C@]56CC[C@@](O)(OC5)C(C)(C)[C@@H]6CC[C@]43C)[C@@H]12. The highest BCUT2D eigenvalue weighted by atomic mass is 16.6. The van der Waals surface area contributed by atoms with Crippen molar-refractivity contribution >= 4 is 5.97 Å². The van der Waals surface area contributed by atoms with E-state index in [0.717, 1.165) is 51.4 Å². The molecule has 34 heavy (non-hydrogen) atoms. The van der Waals surface area contributed by atoms with E-state index in [1.165, 1.54) is 18.4 Å². The monoisotopic (exact) mass is 470 g/mol. The average molecular weight is 471 g/mol. The molecule has 10 atom stereocenters. The first-order valence-electron chi connectivity index (χ1n) is 14.0. The largest absolute Gasteiger partial charge is 0.481 e. The molecule has 0 aromatic carbocycles. The molecule has 0 unspecified atom stereocenters. The zero-order valence-electron chi connectivity index (χ0n) is 22.1. The summed E-state index contributed by atoms with van der Waals surface area (Å²) in [5.74, 6) is 0.592. The van der Waals surface area contributed by atoms with Crippen LogP contribution in [0.5, 0.6) is 0 Å². The Bertz CT molecular complexity index is 928. The van der Waals surface area contributed by atoms with Crippen LogP contribution in [0.3, 0.4) is 0 Å². The minimum absolute atomic E-state index is 0.145. The standard InChI is InChI=1S/C30H46O4/c1-18(2)19-9-12-28(24(31)32)14-13-26(5)20(23(19)28)7-8-22-27(26,6)11-10-21-25(3,4)30(33)16-15-29(21,22)17-34-30/h19-23,33H,1,7-17H2,2-6H3,(H,31,32)/t19-,20+,21-,22-,23+,26+,27+,28-,29+,30+/m0/s1. The van der Waals surface area contributed by atoms with Crippen molar-refractivity contribution < 1.29 is 19.7 Å². The number of carboxylic acids is 1. The zero-order chi connectivity index (χ0) is 24.5. The molecule has 5 saturated carbocycles. The molecule has 2 N–H and O–H groups in total. The smallest absolute Gasteiger partial charge is 0.309 e. The summed E-state index contributed by atoms with van der Waals surface area (Å²) in [6, 6.07) is 0. The molecule has 4 heteroatoms. The van der Waals surface area contributed by atoms with Crippen LogP contribution in [0.15, 0.2) is 12.2 Å². The third-order valence-corrected chi connectivity index (χ3v) is 13.9. The lowest BCUT2D eigenvalue weighted by Crippen LogP contribution is -2.74. The second kappa shape index (κ2) is 6.71. The Morgan fingerprint density at radius 3 is 2.24 bits per heavy atom. The molecule has 190 valence electrons. The fraction of sp³-hybridized carbons (Fsp3) is 0.900. The van der Waals surface area contributed by atoms with Gasteiger partial charge >= 0.3 is 5.97 Å². The highest BCUT2D eigenvalue weighted by molar-refractivity contribution is 5.76. The van der Waals surface area contributed by atoms with E-state index < -0.39 is 17.2 Å². The lowest BCUT2D eigenvalue weighted by atomic mass is 9.31. The molecule has 2 aliphatic heterocycles. The van der Waals surface area contributed by atoms with Crippen molar-refractivity contribution in [2.75, 3.05) is 6.61 Å². The number of carboxylic acid groups (broad SMARTS) is 1. The van der Waals surface area contributed by atoms with Gasteiger partial charge in [-0.3, -0.25) is 4.79 Å². The molecular weight excluding hydrogens is 424 g/mol. The van der Waals surface area contributed by atoms with Gasteiger partial charge in [-0.2, -0.15) is 0 Å². The maximum absolute atomic E-state index is 12.8. The molecular formula is C30H46O4. The maximum atomic E-state index is 12.8. The van der Waals surface area contributed by atoms with Crippen molar-refractivity contribution in [3.63, 3.8) is 0 Å². The van der Waals surface area contributed by atoms with Crippen LogP contribution in [0.25, 0.3) is 0 Å². The Morgan fingerprint density at radius 1 is 0.882 bits per heavy atom. The molecule has 5 aliphatic carbocycles. The molecule has 7 aliphatic rings. The molecule has 1 spiro atoms. The number of hydrogen-bond donors (Lipinski definition) is 2. The van der Waals surface area contributed by atoms with E-state index in [4.69, 9.17) is 4.74 Å². The molecule has 2 bridgehead atoms. The van der Waals surface area contributed by atoms with Gasteiger partial charge in [-0.25, -0.2) is 0 Å². The van der Waals surface area contributed by atoms with Gasteiger partial charge in [0.1, 0.15) is 0 Å². The predicted molar refractivity (Wildman–Crippen MR) is 132 cm³/mol. The van der Waals surface area contributed by atoms with Gasteiger partial charge in [0, 0.05) is 17.3 Å². The number of hydrogen-bond acceptors (Lipinski definition) is 3. The highest BCUT2D eigenvalue weighted by Crippen LogP contribution is 2.79. The summed E-state index contributed by atoms with van der Waals surface area (Å²) in [6.07, 6.45) is 10.2. The van der Waals surface area contributed by atoms with Crippen LogP contribution >= 0.6 is 0 Å². The summed E-state index contributed by atoms with van der Waals surface area (Å²) in [4.78, 5) is 12.8. The second-order valence-corrected chi connectivity index (χ2v) is 14.7. The molecule has 2 heterocycles. The van der Waals surface area contributed by atoms with E-state index >= 15 is 0 Å². The van der Waals surface area contributed by atoms with E-state index in [2.05, 4.69) is 41.2 Å². The minimum Gasteiger partial charge on any atom is -0.481 e. The topological polar surface area (TPSA) is 66.8 Å². The lowest BCUT2D eigenvalue weighted by Gasteiger charge is -2.75. The fourth-order valence-electron chi connectivity index (χ4n) is 11.9. The quantitative estimate of drug-likeness (QED) is 0.457. The van der Waals surface area contributed by atoms with Crippen LogP contribution in [0.2, 0.25) is 0 Å². The highest BCUT2D eigenvalue weighted by Gasteiger charge is 2.75. The molecule has 7 fully saturated rings. The van der Waals surface area contributed by atoms with Crippen LogP contribution in [0.4, 0.5) is 0 Å². The molecule has 4 nitrogen and oxygen atoms in total. The van der Waals surface area contributed by atoms with E-state index in [0.29, 0.717) is 30.3 Å². The van der Waals surface area contributed by atoms with Crippen LogP contribution in [0.1, 0.15) is 98.8 Å². The predicted octanol–water partition coefficient (Wildman–Crippen LogP) is 6.43. The van der Waals surface area contributed by atoms with Crippen LogP contribution in [0, 0.1) is 56.7 Å². The summed E-state index contributed by atoms with van der Waals surface area (Å²) in [6.45, 7) is 16.8. The number of rotatable bonds is 2. The number of aliphatic carboxylic acids is 1. The minimum atomic E-state index is -0.973. The number of aliphatic hydroxyl groups is 1. The van der Waals surface area contributed by atoms with Crippen LogP contribution < -0.4 is 0 Å². The maximum Gasteiger partial charge on any atom is 0.309 e. The van der Waals surface area contributed by atoms with Crippen molar-refractivity contribution in [2.45, 2.75) is 105 Å². The summed E-state index contributed by atoms with van der Waals surface area (Å²) in [7, 11) is 0. The van der Waals surface area contributed by atoms with Crippen molar-refractivity contribution in [3.8, 4) is 0 Å². The Balaban J connectivity index is 1.43. The third-order valence-electron chi connectivity index (χ3n) is 13.9. The summed E-state index contributed by atoms with van der Waals surface area (Å²) < 4.78 is 6.33. The average Bonchev–Trinajstić information content (AvgIpc) is 3.17. The zero-order valence-corrected chi connectivity index (χ0v) is 22.1. The normalized spacial score (nSPS) is 57.2. The van der Waals surface area contributed by atoms with Gasteiger partial charge in [0.25, 0.3) is 0 Å². The first-order valence-corrected chi connectivity index (χ1v) is 14.0. The van der Waals surface area contributed by atoms with Gasteiger partial charge in [-0.1, -0.05) is 39.8 Å². The number of carbonyl (C=O) groups is 1. The van der Waals surface area contributed by atoms with Crippen molar-refractivity contribution in [2.24, 2.45) is 56.7 Å². The van der Waals surface area contributed by atoms with Crippen molar-refractivity contribution in [3.05, 3.63) is 12.2 Å². The third kappa shape index (κ3) is 2.37. The molecule has 2 saturated heterocycles. The Hall–Kier alpha value is -0.870. The Morgan fingerprint density at radius 2 is 1.62 bits per heavy atom. The van der Waals surface area contributed by atoms with Crippen molar-refractivity contribution in [1.82, 2.24) is 0 Å². The Kier molecular flexibility index (Phi) is 4.64. The lowest BCUT2D eigenvalue weighted by molar-refractivity contribution is -0.400. The van der Waals surface area contributed by atoms with E-state index in [1.807, 2.05) is 0 Å². The number of fused-ring (bicyclic) bond motifs is 7. The van der Waals surface area contributed by atoms with Gasteiger partial charge in [-0.15, -0.1) is 0 Å². The molecule has 7 rings (SSSR count). The summed E-state index contributed by atoms with van der Waals surface area (Å²) >= 11 is 0. The number of allylic oxidation sites excluding steroid dienone is 1. The second-order valence-electron chi connectivity index (χ2n) is 14.7. The summed E-state index contributed by atoms with van der Waals surface area (Å²) in [5.41, 5.74) is 0.909. The van der Waals surface area contributed by atoms with Crippen LogP contribution in [-0.2, 0) is 9.53 Å². The van der Waals surface area contributed by atoms with Gasteiger partial charge in [0.15, 0.2) is 5.79 Å². The molecule has 0 aromatic heterocycles. The van der Waals surface area contributed by atoms with Crippen molar-refractivity contribution in [1.29, 1.82) is 0 Å². The van der Waals surface area contributed by atoms with Gasteiger partial charge in [0.05, 0.1) is 12.0 Å². The van der Waals surface area contributed by atoms with Crippen LogP contribution in [-0.4, -0.2) is 28.6 Å². The first kappa shape index (κ1) is 23.5.